The van der Waals surface area contributed by atoms with Crippen molar-refractivity contribution in [1.29, 1.82) is 0 Å². The third-order valence-electron chi connectivity index (χ3n) is 4.20. The number of hydrogen-bond acceptors (Lipinski definition) is 7. The average Bonchev–Trinajstić information content (AvgIpc) is 3.23. The van der Waals surface area contributed by atoms with Gasteiger partial charge in [-0.25, -0.2) is 4.99 Å². The number of aryl methyl sites for hydroxylation is 1. The van der Waals surface area contributed by atoms with Gasteiger partial charge in [-0.2, -0.15) is 18.3 Å². The topological polar surface area (TPSA) is 139 Å². The maximum atomic E-state index is 12.6. The Kier molecular flexibility index (Phi) is 9.86. The fourth-order valence-electron chi connectivity index (χ4n) is 2.65. The summed E-state index contributed by atoms with van der Waals surface area (Å²) in [5.41, 5.74) is 0.262. The summed E-state index contributed by atoms with van der Waals surface area (Å²) in [6.45, 7) is -0.479. The molecule has 1 amide bonds. The lowest BCUT2D eigenvalue weighted by atomic mass is 10.2. The SMILES string of the molecule is CN/C(=C\[N+](=O)[O-])NCCCCn1ccc(NC(=NCC(F)(F)F)NC(=O)c2ccccc2)n1. The molecule has 14 heteroatoms. The predicted octanol–water partition coefficient (Wildman–Crippen LogP) is 2.31. The van der Waals surface area contributed by atoms with Gasteiger partial charge in [-0.3, -0.25) is 24.9 Å². The fourth-order valence-corrected chi connectivity index (χ4v) is 2.65. The van der Waals surface area contributed by atoms with Gasteiger partial charge in [0.05, 0.1) is 4.92 Å². The van der Waals surface area contributed by atoms with Gasteiger partial charge >= 0.3 is 6.18 Å². The summed E-state index contributed by atoms with van der Waals surface area (Å²) in [6, 6.07) is 9.54. The summed E-state index contributed by atoms with van der Waals surface area (Å²) < 4.78 is 39.5. The monoisotopic (exact) mass is 482 g/mol. The lowest BCUT2D eigenvalue weighted by Gasteiger charge is -2.11. The van der Waals surface area contributed by atoms with Crippen LogP contribution in [0, 0.1) is 10.1 Å². The van der Waals surface area contributed by atoms with Gasteiger partial charge in [0.15, 0.2) is 11.6 Å². The van der Waals surface area contributed by atoms with Crippen LogP contribution in [-0.2, 0) is 6.54 Å². The molecule has 1 aromatic carbocycles. The van der Waals surface area contributed by atoms with E-state index in [2.05, 4.69) is 31.4 Å². The molecule has 0 bridgehead atoms. The number of benzene rings is 1. The molecule has 1 aromatic heterocycles. The molecule has 0 saturated carbocycles. The molecule has 1 heterocycles. The summed E-state index contributed by atoms with van der Waals surface area (Å²) >= 11 is 0. The quantitative estimate of drug-likeness (QED) is 0.127. The molecular formula is C20H25F3N8O3. The summed E-state index contributed by atoms with van der Waals surface area (Å²) in [5.74, 6) is -0.497. The summed E-state index contributed by atoms with van der Waals surface area (Å²) in [7, 11) is 1.56. The number of carbonyl (C=O) groups is 1. The highest BCUT2D eigenvalue weighted by Crippen LogP contribution is 2.14. The molecule has 0 saturated heterocycles. The minimum Gasteiger partial charge on any atom is -0.370 e. The Bertz CT molecular complexity index is 1010. The summed E-state index contributed by atoms with van der Waals surface area (Å²) in [4.78, 5) is 25.7. The molecule has 184 valence electrons. The fraction of sp³-hybridized carbons (Fsp3) is 0.350. The first kappa shape index (κ1) is 26.2. The number of anilines is 1. The van der Waals surface area contributed by atoms with Crippen molar-refractivity contribution < 1.29 is 22.9 Å². The molecule has 0 atom stereocenters. The molecule has 0 spiro atoms. The van der Waals surface area contributed by atoms with Crippen molar-refractivity contribution in [2.45, 2.75) is 25.6 Å². The number of unbranched alkanes of at least 4 members (excludes halogenated alkanes) is 1. The highest BCUT2D eigenvalue weighted by atomic mass is 19.4. The van der Waals surface area contributed by atoms with E-state index in [4.69, 9.17) is 0 Å². The van der Waals surface area contributed by atoms with Crippen LogP contribution < -0.4 is 21.3 Å². The molecule has 11 nitrogen and oxygen atoms in total. The highest BCUT2D eigenvalue weighted by molar-refractivity contribution is 6.09. The number of hydrogen-bond donors (Lipinski definition) is 4. The molecule has 0 aliphatic heterocycles. The van der Waals surface area contributed by atoms with E-state index in [1.165, 1.54) is 18.2 Å². The maximum absolute atomic E-state index is 12.6. The zero-order valence-electron chi connectivity index (χ0n) is 18.3. The van der Waals surface area contributed by atoms with Gasteiger partial charge in [0.1, 0.15) is 6.54 Å². The zero-order valence-corrected chi connectivity index (χ0v) is 18.3. The Morgan fingerprint density at radius 3 is 2.62 bits per heavy atom. The molecule has 0 fully saturated rings. The van der Waals surface area contributed by atoms with Crippen molar-refractivity contribution in [3.8, 4) is 0 Å². The van der Waals surface area contributed by atoms with Gasteiger partial charge in [0.2, 0.25) is 5.96 Å². The Morgan fingerprint density at radius 2 is 1.97 bits per heavy atom. The molecular weight excluding hydrogens is 457 g/mol. The van der Waals surface area contributed by atoms with Crippen molar-refractivity contribution in [2.75, 3.05) is 25.5 Å². The third-order valence-corrected chi connectivity index (χ3v) is 4.20. The highest BCUT2D eigenvalue weighted by Gasteiger charge is 2.27. The standard InChI is InChI=1S/C20H25F3N8O3/c1-24-17(13-31(33)34)25-10-5-6-11-30-12-9-16(29-30)27-19(26-14-20(21,22)23)28-18(32)15-7-3-2-4-8-15/h2-4,7-9,12-13,24-25H,5-6,10-11,14H2,1H3,(H2,26,27,28,29,32)/b17-13+. The van der Waals surface area contributed by atoms with E-state index in [9.17, 15) is 28.1 Å². The molecule has 2 rings (SSSR count). The predicted molar refractivity (Wildman–Crippen MR) is 119 cm³/mol. The second-order valence-corrected chi connectivity index (χ2v) is 6.90. The van der Waals surface area contributed by atoms with Crippen molar-refractivity contribution in [2.24, 2.45) is 4.99 Å². The Morgan fingerprint density at radius 1 is 1.24 bits per heavy atom. The van der Waals surface area contributed by atoms with E-state index in [0.29, 0.717) is 31.8 Å². The van der Waals surface area contributed by atoms with E-state index in [-0.39, 0.29) is 17.3 Å². The van der Waals surface area contributed by atoms with E-state index in [1.807, 2.05) is 0 Å². The number of halogens is 3. The number of amides is 1. The van der Waals surface area contributed by atoms with Crippen molar-refractivity contribution in [3.63, 3.8) is 0 Å². The van der Waals surface area contributed by atoms with Crippen LogP contribution >= 0.6 is 0 Å². The first-order valence-electron chi connectivity index (χ1n) is 10.2. The van der Waals surface area contributed by atoms with Crippen LogP contribution in [0.15, 0.2) is 59.6 Å². The molecule has 34 heavy (non-hydrogen) atoms. The first-order valence-corrected chi connectivity index (χ1v) is 10.2. The third kappa shape index (κ3) is 10.0. The maximum Gasteiger partial charge on any atom is 0.408 e. The number of aliphatic imine (C=N–C) groups is 1. The Hall–Kier alpha value is -4.10. The number of alkyl halides is 3. The Labute approximate surface area is 193 Å². The van der Waals surface area contributed by atoms with E-state index < -0.39 is 23.6 Å². The molecule has 4 N–H and O–H groups in total. The van der Waals surface area contributed by atoms with Gasteiger partial charge in [0.25, 0.3) is 12.1 Å². The van der Waals surface area contributed by atoms with Gasteiger partial charge in [-0.05, 0) is 25.0 Å². The second-order valence-electron chi connectivity index (χ2n) is 6.90. The minimum absolute atomic E-state index is 0.207. The minimum atomic E-state index is -4.54. The summed E-state index contributed by atoms with van der Waals surface area (Å²) in [6.07, 6.45) is -0.713. The van der Waals surface area contributed by atoms with E-state index in [1.54, 1.807) is 36.1 Å². The van der Waals surface area contributed by atoms with Crippen LogP contribution in [0.4, 0.5) is 19.0 Å². The van der Waals surface area contributed by atoms with Crippen molar-refractivity contribution in [3.05, 3.63) is 70.3 Å². The normalized spacial score (nSPS) is 12.2. The number of aromatic nitrogens is 2. The van der Waals surface area contributed by atoms with Crippen LogP contribution in [0.1, 0.15) is 23.2 Å². The number of rotatable bonds is 11. The second kappa shape index (κ2) is 12.8. The molecule has 0 aliphatic rings. The molecule has 2 aromatic rings. The number of nitro groups is 1. The molecule has 0 aliphatic carbocycles. The smallest absolute Gasteiger partial charge is 0.370 e. The van der Waals surface area contributed by atoms with E-state index >= 15 is 0 Å². The van der Waals surface area contributed by atoms with Crippen LogP contribution in [0.5, 0.6) is 0 Å². The van der Waals surface area contributed by atoms with E-state index in [0.717, 1.165) is 6.20 Å². The molecule has 0 radical (unpaired) electrons. The van der Waals surface area contributed by atoms with Crippen molar-refractivity contribution in [1.82, 2.24) is 25.7 Å². The lowest BCUT2D eigenvalue weighted by molar-refractivity contribution is -0.404. The number of carbonyl (C=O) groups excluding carboxylic acids is 1. The van der Waals surface area contributed by atoms with Crippen molar-refractivity contribution >= 4 is 17.7 Å². The zero-order chi connectivity index (χ0) is 25.0. The summed E-state index contributed by atoms with van der Waals surface area (Å²) in [5, 5.41) is 25.2. The largest absolute Gasteiger partial charge is 0.408 e. The first-order chi connectivity index (χ1) is 16.2. The number of nitrogens with zero attached hydrogens (tertiary/aromatic N) is 4. The van der Waals surface area contributed by atoms with Crippen LogP contribution in [0.2, 0.25) is 0 Å². The van der Waals surface area contributed by atoms with Gasteiger partial charge < -0.3 is 16.0 Å². The Balaban J connectivity index is 1.91. The lowest BCUT2D eigenvalue weighted by Crippen LogP contribution is -2.37. The molecule has 0 unspecified atom stereocenters. The number of guanidine groups is 1. The van der Waals surface area contributed by atoms with Crippen LogP contribution in [0.25, 0.3) is 0 Å². The average molecular weight is 482 g/mol. The van der Waals surface area contributed by atoms with Gasteiger partial charge in [-0.15, -0.1) is 0 Å². The van der Waals surface area contributed by atoms with Crippen LogP contribution in [-0.4, -0.2) is 52.9 Å². The number of nitrogens with one attached hydrogen (secondary N) is 4. The van der Waals surface area contributed by atoms with Gasteiger partial charge in [0, 0.05) is 38.0 Å². The van der Waals surface area contributed by atoms with Crippen LogP contribution in [0.3, 0.4) is 0 Å². The van der Waals surface area contributed by atoms with Gasteiger partial charge in [-0.1, -0.05) is 18.2 Å².